The SMILES string of the molecule is Cc1n[nH]c(C)c1S(=O)(=O)NCCc1csc(N2CCCCC2)n1. The van der Waals surface area contributed by atoms with Crippen molar-refractivity contribution in [3.8, 4) is 0 Å². The quantitative estimate of drug-likeness (QED) is 0.813. The molecule has 2 N–H and O–H groups in total. The Kier molecular flexibility index (Phi) is 5.21. The largest absolute Gasteiger partial charge is 0.348 e. The molecule has 132 valence electrons. The number of rotatable bonds is 6. The van der Waals surface area contributed by atoms with Gasteiger partial charge in [-0.05, 0) is 33.1 Å². The highest BCUT2D eigenvalue weighted by Crippen LogP contribution is 2.24. The van der Waals surface area contributed by atoms with Gasteiger partial charge in [-0.2, -0.15) is 5.10 Å². The highest BCUT2D eigenvalue weighted by Gasteiger charge is 2.22. The molecule has 0 bridgehead atoms. The first-order valence-electron chi connectivity index (χ1n) is 8.18. The van der Waals surface area contributed by atoms with Crippen LogP contribution in [-0.4, -0.2) is 43.2 Å². The summed E-state index contributed by atoms with van der Waals surface area (Å²) in [5.74, 6) is 0. The van der Waals surface area contributed by atoms with E-state index < -0.39 is 10.0 Å². The maximum atomic E-state index is 12.4. The van der Waals surface area contributed by atoms with Gasteiger partial charge in [-0.3, -0.25) is 5.10 Å². The standard InChI is InChI=1S/C15H23N5O2S2/c1-11-14(12(2)19-18-11)24(21,22)16-7-6-13-10-23-15(17-13)20-8-4-3-5-9-20/h10,16H,3-9H2,1-2H3,(H,18,19). The first-order valence-corrected chi connectivity index (χ1v) is 10.5. The fourth-order valence-corrected chi connectivity index (χ4v) is 5.28. The van der Waals surface area contributed by atoms with Crippen LogP contribution in [0.4, 0.5) is 5.13 Å². The molecular formula is C15H23N5O2S2. The van der Waals surface area contributed by atoms with Crippen molar-refractivity contribution in [1.82, 2.24) is 19.9 Å². The van der Waals surface area contributed by atoms with Crippen molar-refractivity contribution >= 4 is 26.5 Å². The predicted molar refractivity (Wildman–Crippen MR) is 95.1 cm³/mol. The molecule has 3 heterocycles. The number of hydrogen-bond acceptors (Lipinski definition) is 6. The van der Waals surface area contributed by atoms with Crippen molar-refractivity contribution in [2.24, 2.45) is 0 Å². The summed E-state index contributed by atoms with van der Waals surface area (Å²) >= 11 is 1.64. The Labute approximate surface area is 146 Å². The normalized spacial score (nSPS) is 15.8. The van der Waals surface area contributed by atoms with Gasteiger partial charge in [0, 0.05) is 31.4 Å². The second-order valence-electron chi connectivity index (χ2n) is 6.08. The smallest absolute Gasteiger partial charge is 0.244 e. The number of H-pyrrole nitrogens is 1. The van der Waals surface area contributed by atoms with Crippen molar-refractivity contribution in [1.29, 1.82) is 0 Å². The summed E-state index contributed by atoms with van der Waals surface area (Å²) in [5, 5.41) is 9.72. The van der Waals surface area contributed by atoms with Crippen LogP contribution < -0.4 is 9.62 Å². The van der Waals surface area contributed by atoms with Gasteiger partial charge in [-0.15, -0.1) is 11.3 Å². The number of sulfonamides is 1. The van der Waals surface area contributed by atoms with Crippen LogP contribution in [0.15, 0.2) is 10.3 Å². The Morgan fingerprint density at radius 1 is 1.29 bits per heavy atom. The molecule has 0 saturated carbocycles. The highest BCUT2D eigenvalue weighted by atomic mass is 32.2. The molecule has 7 nitrogen and oxygen atoms in total. The molecule has 1 fully saturated rings. The van der Waals surface area contributed by atoms with Gasteiger partial charge < -0.3 is 4.90 Å². The molecule has 1 saturated heterocycles. The lowest BCUT2D eigenvalue weighted by atomic mass is 10.1. The summed E-state index contributed by atoms with van der Waals surface area (Å²) in [6.45, 7) is 5.86. The molecule has 24 heavy (non-hydrogen) atoms. The fourth-order valence-electron chi connectivity index (χ4n) is 2.96. The van der Waals surface area contributed by atoms with Crippen molar-refractivity contribution < 1.29 is 8.42 Å². The Hall–Kier alpha value is -1.45. The lowest BCUT2D eigenvalue weighted by molar-refractivity contribution is 0.575. The number of nitrogens with one attached hydrogen (secondary N) is 2. The second kappa shape index (κ2) is 7.20. The number of thiazole rings is 1. The molecule has 0 aliphatic carbocycles. The summed E-state index contributed by atoms with van der Waals surface area (Å²) in [6, 6.07) is 0. The van der Waals surface area contributed by atoms with E-state index >= 15 is 0 Å². The van der Waals surface area contributed by atoms with E-state index in [0.29, 0.717) is 24.4 Å². The number of aromatic nitrogens is 3. The third kappa shape index (κ3) is 3.79. The lowest BCUT2D eigenvalue weighted by Gasteiger charge is -2.25. The van der Waals surface area contributed by atoms with Gasteiger partial charge in [-0.25, -0.2) is 18.1 Å². The molecule has 0 aromatic carbocycles. The molecule has 1 aliphatic rings. The van der Waals surface area contributed by atoms with Gasteiger partial charge in [0.2, 0.25) is 10.0 Å². The van der Waals surface area contributed by atoms with Crippen LogP contribution in [0.2, 0.25) is 0 Å². The molecule has 2 aromatic rings. The van der Waals surface area contributed by atoms with Crippen LogP contribution in [0, 0.1) is 13.8 Å². The van der Waals surface area contributed by atoms with E-state index in [2.05, 4.69) is 24.8 Å². The van der Waals surface area contributed by atoms with Crippen LogP contribution in [-0.2, 0) is 16.4 Å². The van der Waals surface area contributed by atoms with Crippen LogP contribution >= 0.6 is 11.3 Å². The molecular weight excluding hydrogens is 346 g/mol. The average molecular weight is 370 g/mol. The molecule has 2 aromatic heterocycles. The Morgan fingerprint density at radius 3 is 2.71 bits per heavy atom. The van der Waals surface area contributed by atoms with E-state index in [4.69, 9.17) is 0 Å². The summed E-state index contributed by atoms with van der Waals surface area (Å²) in [5.41, 5.74) is 1.98. The van der Waals surface area contributed by atoms with Gasteiger partial charge in [0.15, 0.2) is 5.13 Å². The first kappa shape index (κ1) is 17.4. The zero-order valence-corrected chi connectivity index (χ0v) is 15.6. The van der Waals surface area contributed by atoms with Crippen molar-refractivity contribution in [2.75, 3.05) is 24.5 Å². The van der Waals surface area contributed by atoms with Gasteiger partial charge in [0.1, 0.15) is 4.90 Å². The van der Waals surface area contributed by atoms with Gasteiger partial charge >= 0.3 is 0 Å². The minimum Gasteiger partial charge on any atom is -0.348 e. The lowest BCUT2D eigenvalue weighted by Crippen LogP contribution is -2.29. The van der Waals surface area contributed by atoms with Gasteiger partial charge in [0.25, 0.3) is 0 Å². The van der Waals surface area contributed by atoms with Gasteiger partial charge in [0.05, 0.1) is 17.1 Å². The summed E-state index contributed by atoms with van der Waals surface area (Å²) in [7, 11) is -3.54. The summed E-state index contributed by atoms with van der Waals surface area (Å²) in [4.78, 5) is 7.21. The Balaban J connectivity index is 1.57. The molecule has 1 aliphatic heterocycles. The summed E-state index contributed by atoms with van der Waals surface area (Å²) < 4.78 is 27.4. The molecule has 0 amide bonds. The number of anilines is 1. The number of aromatic amines is 1. The number of aryl methyl sites for hydroxylation is 2. The number of nitrogens with zero attached hydrogens (tertiary/aromatic N) is 3. The third-order valence-corrected chi connectivity index (χ3v) is 6.84. The molecule has 9 heteroatoms. The Morgan fingerprint density at radius 2 is 2.04 bits per heavy atom. The molecule has 0 radical (unpaired) electrons. The van der Waals surface area contributed by atoms with Crippen LogP contribution in [0.1, 0.15) is 36.3 Å². The van der Waals surface area contributed by atoms with E-state index in [1.807, 2.05) is 5.38 Å². The second-order valence-corrected chi connectivity index (χ2v) is 8.62. The van der Waals surface area contributed by atoms with E-state index in [0.717, 1.165) is 23.9 Å². The maximum absolute atomic E-state index is 12.4. The zero-order chi connectivity index (χ0) is 17.2. The maximum Gasteiger partial charge on any atom is 0.244 e. The predicted octanol–water partition coefficient (Wildman–Crippen LogP) is 1.99. The molecule has 0 spiro atoms. The van der Waals surface area contributed by atoms with Crippen LogP contribution in [0.5, 0.6) is 0 Å². The minimum absolute atomic E-state index is 0.245. The average Bonchev–Trinajstić information content (AvgIpc) is 3.15. The van der Waals surface area contributed by atoms with E-state index in [1.165, 1.54) is 19.3 Å². The molecule has 0 atom stereocenters. The highest BCUT2D eigenvalue weighted by molar-refractivity contribution is 7.89. The van der Waals surface area contributed by atoms with Gasteiger partial charge in [-0.1, -0.05) is 0 Å². The monoisotopic (exact) mass is 369 g/mol. The van der Waals surface area contributed by atoms with Crippen molar-refractivity contribution in [2.45, 2.75) is 44.4 Å². The first-order chi connectivity index (χ1) is 11.5. The van der Waals surface area contributed by atoms with E-state index in [1.54, 1.807) is 25.2 Å². The van der Waals surface area contributed by atoms with Crippen molar-refractivity contribution in [3.05, 3.63) is 22.5 Å². The Bertz CT molecular complexity index is 771. The number of hydrogen-bond donors (Lipinski definition) is 2. The fraction of sp³-hybridized carbons (Fsp3) is 0.600. The van der Waals surface area contributed by atoms with Crippen LogP contribution in [0.3, 0.4) is 0 Å². The minimum atomic E-state index is -3.54. The number of piperidine rings is 1. The van der Waals surface area contributed by atoms with E-state index in [9.17, 15) is 8.42 Å². The summed E-state index contributed by atoms with van der Waals surface area (Å²) in [6.07, 6.45) is 4.32. The van der Waals surface area contributed by atoms with Crippen molar-refractivity contribution in [3.63, 3.8) is 0 Å². The topological polar surface area (TPSA) is 91.0 Å². The molecule has 3 rings (SSSR count). The van der Waals surface area contributed by atoms with E-state index in [-0.39, 0.29) is 4.90 Å². The molecule has 0 unspecified atom stereocenters. The van der Waals surface area contributed by atoms with Crippen LogP contribution in [0.25, 0.3) is 0 Å². The third-order valence-electron chi connectivity index (χ3n) is 4.17. The zero-order valence-electron chi connectivity index (χ0n) is 14.0.